The molecule has 1 rings (SSSR count). The van der Waals surface area contributed by atoms with Gasteiger partial charge in [0.25, 0.3) is 0 Å². The SMILES string of the molecule is CCCC(=O)c1cn(C)cn1. The number of aryl methyl sites for hydroxylation is 1. The molecule has 0 spiro atoms. The minimum absolute atomic E-state index is 0.133. The van der Waals surface area contributed by atoms with Crippen LogP contribution in [0.25, 0.3) is 0 Å². The first-order chi connectivity index (χ1) is 5.24. The van der Waals surface area contributed by atoms with Crippen LogP contribution in [-0.2, 0) is 7.05 Å². The Bertz CT molecular complexity index is 252. The van der Waals surface area contributed by atoms with Crippen LogP contribution in [0, 0.1) is 0 Å². The van der Waals surface area contributed by atoms with Gasteiger partial charge in [0.2, 0.25) is 0 Å². The fourth-order valence-corrected chi connectivity index (χ4v) is 0.912. The van der Waals surface area contributed by atoms with E-state index in [1.807, 2.05) is 14.0 Å². The summed E-state index contributed by atoms with van der Waals surface area (Å²) in [4.78, 5) is 15.1. The quantitative estimate of drug-likeness (QED) is 0.614. The number of rotatable bonds is 3. The second-order valence-electron chi connectivity index (χ2n) is 2.60. The molecule has 0 bridgehead atoms. The predicted octanol–water partition coefficient (Wildman–Crippen LogP) is 1.40. The van der Waals surface area contributed by atoms with Crippen LogP contribution in [0.1, 0.15) is 30.3 Å². The molecule has 3 heteroatoms. The molecular weight excluding hydrogens is 140 g/mol. The van der Waals surface area contributed by atoms with E-state index in [0.29, 0.717) is 12.1 Å². The predicted molar refractivity (Wildman–Crippen MR) is 42.4 cm³/mol. The van der Waals surface area contributed by atoms with Gasteiger partial charge in [-0.15, -0.1) is 0 Å². The normalized spacial score (nSPS) is 10.0. The maximum Gasteiger partial charge on any atom is 0.182 e. The van der Waals surface area contributed by atoms with Gasteiger partial charge in [-0.1, -0.05) is 6.92 Å². The molecule has 0 radical (unpaired) electrons. The molecule has 1 heterocycles. The lowest BCUT2D eigenvalue weighted by atomic mass is 10.2. The molecule has 3 nitrogen and oxygen atoms in total. The third-order valence-corrected chi connectivity index (χ3v) is 1.47. The van der Waals surface area contributed by atoms with E-state index in [2.05, 4.69) is 4.98 Å². The summed E-state index contributed by atoms with van der Waals surface area (Å²) >= 11 is 0. The molecule has 0 N–H and O–H groups in total. The number of ketones is 1. The summed E-state index contributed by atoms with van der Waals surface area (Å²) in [6, 6.07) is 0. The Kier molecular flexibility index (Phi) is 2.41. The zero-order chi connectivity index (χ0) is 8.27. The van der Waals surface area contributed by atoms with Crippen LogP contribution in [-0.4, -0.2) is 15.3 Å². The minimum atomic E-state index is 0.133. The number of nitrogens with zero attached hydrogens (tertiary/aromatic N) is 2. The van der Waals surface area contributed by atoms with Gasteiger partial charge < -0.3 is 4.57 Å². The highest BCUT2D eigenvalue weighted by molar-refractivity contribution is 5.93. The summed E-state index contributed by atoms with van der Waals surface area (Å²) in [6.45, 7) is 1.99. The van der Waals surface area contributed by atoms with Crippen molar-refractivity contribution in [1.29, 1.82) is 0 Å². The van der Waals surface area contributed by atoms with Crippen LogP contribution in [0.3, 0.4) is 0 Å². The van der Waals surface area contributed by atoms with Crippen molar-refractivity contribution in [2.45, 2.75) is 19.8 Å². The van der Waals surface area contributed by atoms with Gasteiger partial charge in [0.05, 0.1) is 6.33 Å². The van der Waals surface area contributed by atoms with Crippen molar-refractivity contribution in [1.82, 2.24) is 9.55 Å². The Morgan fingerprint density at radius 1 is 1.73 bits per heavy atom. The lowest BCUT2D eigenvalue weighted by molar-refractivity contribution is 0.0977. The first-order valence-corrected chi connectivity index (χ1v) is 3.75. The average molecular weight is 152 g/mol. The highest BCUT2D eigenvalue weighted by Gasteiger charge is 2.05. The van der Waals surface area contributed by atoms with E-state index >= 15 is 0 Å². The van der Waals surface area contributed by atoms with E-state index < -0.39 is 0 Å². The van der Waals surface area contributed by atoms with Crippen molar-refractivity contribution in [3.63, 3.8) is 0 Å². The number of imidazole rings is 1. The molecule has 0 aromatic carbocycles. The molecule has 0 unspecified atom stereocenters. The second-order valence-corrected chi connectivity index (χ2v) is 2.60. The third-order valence-electron chi connectivity index (χ3n) is 1.47. The number of Topliss-reactive ketones (excluding diaryl/α,β-unsaturated/α-hetero) is 1. The molecule has 0 fully saturated rings. The molecule has 60 valence electrons. The van der Waals surface area contributed by atoms with Gasteiger partial charge in [0.15, 0.2) is 5.78 Å². The standard InChI is InChI=1S/C8H12N2O/c1-3-4-8(11)7-5-10(2)6-9-7/h5-6H,3-4H2,1-2H3. The monoisotopic (exact) mass is 152 g/mol. The number of carbonyl (C=O) groups is 1. The topological polar surface area (TPSA) is 34.9 Å². The van der Waals surface area contributed by atoms with Gasteiger partial charge >= 0.3 is 0 Å². The average Bonchev–Trinajstić information content (AvgIpc) is 2.36. The molecule has 0 saturated carbocycles. The van der Waals surface area contributed by atoms with Gasteiger partial charge in [-0.05, 0) is 6.42 Å². The van der Waals surface area contributed by atoms with Crippen LogP contribution < -0.4 is 0 Å². The Morgan fingerprint density at radius 3 is 2.91 bits per heavy atom. The summed E-state index contributed by atoms with van der Waals surface area (Å²) in [6.07, 6.45) is 4.87. The fourth-order valence-electron chi connectivity index (χ4n) is 0.912. The van der Waals surface area contributed by atoms with Gasteiger partial charge in [-0.25, -0.2) is 4.98 Å². The minimum Gasteiger partial charge on any atom is -0.340 e. The van der Waals surface area contributed by atoms with Gasteiger partial charge in [-0.3, -0.25) is 4.79 Å². The summed E-state index contributed by atoms with van der Waals surface area (Å²) in [5.74, 6) is 0.133. The fraction of sp³-hybridized carbons (Fsp3) is 0.500. The van der Waals surface area contributed by atoms with Gasteiger partial charge in [0, 0.05) is 19.7 Å². The van der Waals surface area contributed by atoms with Crippen molar-refractivity contribution in [2.75, 3.05) is 0 Å². The van der Waals surface area contributed by atoms with E-state index in [1.165, 1.54) is 0 Å². The Hall–Kier alpha value is -1.12. The first kappa shape index (κ1) is 7.98. The van der Waals surface area contributed by atoms with Gasteiger partial charge in [-0.2, -0.15) is 0 Å². The molecule has 11 heavy (non-hydrogen) atoms. The first-order valence-electron chi connectivity index (χ1n) is 3.75. The molecule has 0 aliphatic carbocycles. The lowest BCUT2D eigenvalue weighted by Gasteiger charge is -1.90. The summed E-state index contributed by atoms with van der Waals surface area (Å²) in [5, 5.41) is 0. The van der Waals surface area contributed by atoms with Crippen molar-refractivity contribution < 1.29 is 4.79 Å². The molecule has 0 amide bonds. The highest BCUT2D eigenvalue weighted by Crippen LogP contribution is 2.00. The molecule has 0 atom stereocenters. The van der Waals surface area contributed by atoms with Crippen molar-refractivity contribution >= 4 is 5.78 Å². The number of hydrogen-bond donors (Lipinski definition) is 0. The van der Waals surface area contributed by atoms with Crippen LogP contribution >= 0.6 is 0 Å². The number of hydrogen-bond acceptors (Lipinski definition) is 2. The van der Waals surface area contributed by atoms with E-state index in [-0.39, 0.29) is 5.78 Å². The Labute approximate surface area is 66.1 Å². The van der Waals surface area contributed by atoms with Crippen molar-refractivity contribution in [3.8, 4) is 0 Å². The molecule has 0 saturated heterocycles. The Balaban J connectivity index is 2.69. The number of carbonyl (C=O) groups excluding carboxylic acids is 1. The zero-order valence-electron chi connectivity index (χ0n) is 6.87. The lowest BCUT2D eigenvalue weighted by Crippen LogP contribution is -1.97. The molecular formula is C8H12N2O. The van der Waals surface area contributed by atoms with E-state index in [9.17, 15) is 4.79 Å². The van der Waals surface area contributed by atoms with Crippen molar-refractivity contribution in [2.24, 2.45) is 7.05 Å². The Morgan fingerprint density at radius 2 is 2.45 bits per heavy atom. The molecule has 1 aromatic heterocycles. The smallest absolute Gasteiger partial charge is 0.182 e. The van der Waals surface area contributed by atoms with Crippen LogP contribution in [0.15, 0.2) is 12.5 Å². The maximum atomic E-state index is 11.2. The van der Waals surface area contributed by atoms with Crippen molar-refractivity contribution in [3.05, 3.63) is 18.2 Å². The van der Waals surface area contributed by atoms with Crippen LogP contribution in [0.4, 0.5) is 0 Å². The summed E-state index contributed by atoms with van der Waals surface area (Å²) < 4.78 is 1.78. The van der Waals surface area contributed by atoms with Crippen LogP contribution in [0.2, 0.25) is 0 Å². The third kappa shape index (κ3) is 1.90. The number of aromatic nitrogens is 2. The van der Waals surface area contributed by atoms with Gasteiger partial charge in [0.1, 0.15) is 5.69 Å². The molecule has 0 aliphatic heterocycles. The highest BCUT2D eigenvalue weighted by atomic mass is 16.1. The second kappa shape index (κ2) is 3.32. The molecule has 1 aromatic rings. The summed E-state index contributed by atoms with van der Waals surface area (Å²) in [5.41, 5.74) is 0.578. The van der Waals surface area contributed by atoms with Crippen LogP contribution in [0.5, 0.6) is 0 Å². The largest absolute Gasteiger partial charge is 0.340 e. The molecule has 0 aliphatic rings. The van der Waals surface area contributed by atoms with E-state index in [0.717, 1.165) is 6.42 Å². The zero-order valence-corrected chi connectivity index (χ0v) is 6.87. The maximum absolute atomic E-state index is 11.2. The van der Waals surface area contributed by atoms with E-state index in [1.54, 1.807) is 17.1 Å². The summed E-state index contributed by atoms with van der Waals surface area (Å²) in [7, 11) is 1.86. The van der Waals surface area contributed by atoms with E-state index in [4.69, 9.17) is 0 Å².